The Morgan fingerprint density at radius 1 is 1.56 bits per heavy atom. The van der Waals surface area contributed by atoms with E-state index in [1.165, 1.54) is 0 Å². The van der Waals surface area contributed by atoms with E-state index >= 15 is 0 Å². The molecule has 18 heavy (non-hydrogen) atoms. The van der Waals surface area contributed by atoms with E-state index in [0.29, 0.717) is 18.2 Å². The fraction of sp³-hybridized carbons (Fsp3) is 0.615. The molecule has 0 fully saturated rings. The molecule has 1 heterocycles. The molecule has 0 saturated heterocycles. The first kappa shape index (κ1) is 15.2. The predicted octanol–water partition coefficient (Wildman–Crippen LogP) is 2.23. The van der Waals surface area contributed by atoms with E-state index in [-0.39, 0.29) is 11.9 Å². The summed E-state index contributed by atoms with van der Waals surface area (Å²) in [6.07, 6.45) is 2.70. The van der Waals surface area contributed by atoms with Crippen LogP contribution < -0.4 is 5.73 Å². The average molecular weight is 316 g/mol. The summed E-state index contributed by atoms with van der Waals surface area (Å²) < 4.78 is 2.74. The molecule has 2 N–H and O–H groups in total. The molecule has 0 saturated carbocycles. The topological polar surface area (TPSA) is 51.3 Å². The van der Waals surface area contributed by atoms with Crippen molar-refractivity contribution < 1.29 is 4.79 Å². The second-order valence-corrected chi connectivity index (χ2v) is 5.99. The summed E-state index contributed by atoms with van der Waals surface area (Å²) in [7, 11) is 3.68. The zero-order valence-electron chi connectivity index (χ0n) is 11.5. The Kier molecular flexibility index (Phi) is 5.41. The van der Waals surface area contributed by atoms with Crippen molar-refractivity contribution in [3.8, 4) is 0 Å². The number of rotatable bonds is 5. The van der Waals surface area contributed by atoms with Crippen LogP contribution in [0.4, 0.5) is 0 Å². The van der Waals surface area contributed by atoms with Crippen LogP contribution >= 0.6 is 15.9 Å². The Balaban J connectivity index is 2.59. The molecule has 1 unspecified atom stereocenters. The van der Waals surface area contributed by atoms with Crippen LogP contribution in [0.2, 0.25) is 0 Å². The molecule has 1 aromatic rings. The highest BCUT2D eigenvalue weighted by Crippen LogP contribution is 2.15. The molecular weight excluding hydrogens is 294 g/mol. The van der Waals surface area contributed by atoms with Crippen molar-refractivity contribution >= 4 is 21.8 Å². The highest BCUT2D eigenvalue weighted by atomic mass is 79.9. The maximum Gasteiger partial charge on any atom is 0.270 e. The van der Waals surface area contributed by atoms with Gasteiger partial charge < -0.3 is 15.2 Å². The van der Waals surface area contributed by atoms with Crippen LogP contribution in [-0.4, -0.2) is 35.0 Å². The molecular formula is C13H22BrN3O. The zero-order valence-corrected chi connectivity index (χ0v) is 13.1. The van der Waals surface area contributed by atoms with Crippen LogP contribution in [0.15, 0.2) is 16.7 Å². The summed E-state index contributed by atoms with van der Waals surface area (Å²) in [4.78, 5) is 13.9. The molecule has 0 aliphatic rings. The van der Waals surface area contributed by atoms with E-state index in [2.05, 4.69) is 29.8 Å². The monoisotopic (exact) mass is 315 g/mol. The number of hydrogen-bond donors (Lipinski definition) is 1. The normalized spacial score (nSPS) is 12.8. The van der Waals surface area contributed by atoms with Gasteiger partial charge in [0.15, 0.2) is 0 Å². The van der Waals surface area contributed by atoms with Gasteiger partial charge in [0.2, 0.25) is 0 Å². The van der Waals surface area contributed by atoms with E-state index in [9.17, 15) is 4.79 Å². The summed E-state index contributed by atoms with van der Waals surface area (Å²) in [5.41, 5.74) is 6.67. The van der Waals surface area contributed by atoms with Gasteiger partial charge in [0.1, 0.15) is 5.69 Å². The molecule has 0 radical (unpaired) electrons. The lowest BCUT2D eigenvalue weighted by Crippen LogP contribution is -2.35. The van der Waals surface area contributed by atoms with E-state index in [1.807, 2.05) is 30.9 Å². The third-order valence-electron chi connectivity index (χ3n) is 3.19. The molecule has 0 bridgehead atoms. The van der Waals surface area contributed by atoms with Crippen molar-refractivity contribution in [3.05, 3.63) is 22.4 Å². The van der Waals surface area contributed by atoms with Crippen molar-refractivity contribution in [1.82, 2.24) is 9.47 Å². The highest BCUT2D eigenvalue weighted by molar-refractivity contribution is 9.10. The number of nitrogens with two attached hydrogens (primary N) is 1. The highest BCUT2D eigenvalue weighted by Gasteiger charge is 2.17. The van der Waals surface area contributed by atoms with Gasteiger partial charge in [-0.15, -0.1) is 0 Å². The minimum Gasteiger partial charge on any atom is -0.345 e. The van der Waals surface area contributed by atoms with Crippen molar-refractivity contribution in [3.63, 3.8) is 0 Å². The van der Waals surface area contributed by atoms with Crippen molar-refractivity contribution in [2.45, 2.75) is 26.3 Å². The van der Waals surface area contributed by atoms with Crippen LogP contribution in [0.25, 0.3) is 0 Å². The summed E-state index contributed by atoms with van der Waals surface area (Å²) >= 11 is 3.37. The number of aryl methyl sites for hydroxylation is 1. The van der Waals surface area contributed by atoms with Crippen LogP contribution in [0.3, 0.4) is 0 Å². The van der Waals surface area contributed by atoms with E-state index < -0.39 is 0 Å². The van der Waals surface area contributed by atoms with E-state index in [4.69, 9.17) is 5.73 Å². The first-order valence-electron chi connectivity index (χ1n) is 6.15. The first-order chi connectivity index (χ1) is 8.32. The number of halogens is 1. The predicted molar refractivity (Wildman–Crippen MR) is 77.5 cm³/mol. The maximum atomic E-state index is 12.2. The molecule has 1 aromatic heterocycles. The summed E-state index contributed by atoms with van der Waals surface area (Å²) in [5, 5.41) is 0. The molecule has 1 amide bonds. The number of amides is 1. The zero-order chi connectivity index (χ0) is 13.9. The minimum absolute atomic E-state index is 0.0270. The number of carbonyl (C=O) groups is 1. The molecule has 102 valence electrons. The number of nitrogens with zero attached hydrogens (tertiary/aromatic N) is 2. The number of hydrogen-bond acceptors (Lipinski definition) is 2. The van der Waals surface area contributed by atoms with Crippen LogP contribution in [0.1, 0.15) is 30.8 Å². The molecule has 0 aliphatic carbocycles. The van der Waals surface area contributed by atoms with Gasteiger partial charge in [0.25, 0.3) is 5.91 Å². The van der Waals surface area contributed by atoms with Crippen molar-refractivity contribution in [2.75, 3.05) is 13.6 Å². The fourth-order valence-corrected chi connectivity index (χ4v) is 2.23. The Labute approximate surface area is 117 Å². The third-order valence-corrected chi connectivity index (χ3v) is 3.63. The van der Waals surface area contributed by atoms with Gasteiger partial charge in [-0.2, -0.15) is 0 Å². The lowest BCUT2D eigenvalue weighted by atomic mass is 10.0. The Morgan fingerprint density at radius 3 is 2.61 bits per heavy atom. The molecule has 4 nitrogen and oxygen atoms in total. The van der Waals surface area contributed by atoms with Gasteiger partial charge in [-0.3, -0.25) is 4.79 Å². The Hall–Kier alpha value is -0.810. The Morgan fingerprint density at radius 2 is 2.17 bits per heavy atom. The van der Waals surface area contributed by atoms with Crippen LogP contribution in [-0.2, 0) is 7.05 Å². The standard InChI is InChI=1S/C13H22BrN3O/c1-9(2)11(15)5-6-16(3)13(18)12-7-10(14)8-17(12)4/h7-9,11H,5-6,15H2,1-4H3. The lowest BCUT2D eigenvalue weighted by molar-refractivity contribution is 0.0780. The quantitative estimate of drug-likeness (QED) is 0.906. The van der Waals surface area contributed by atoms with Crippen molar-refractivity contribution in [1.29, 1.82) is 0 Å². The largest absolute Gasteiger partial charge is 0.345 e. The molecule has 0 spiro atoms. The average Bonchev–Trinajstić information content (AvgIpc) is 2.63. The lowest BCUT2D eigenvalue weighted by Gasteiger charge is -2.21. The maximum absolute atomic E-state index is 12.2. The molecule has 1 rings (SSSR count). The second kappa shape index (κ2) is 6.38. The van der Waals surface area contributed by atoms with Gasteiger partial charge in [-0.05, 0) is 34.3 Å². The number of carbonyl (C=O) groups excluding carboxylic acids is 1. The second-order valence-electron chi connectivity index (χ2n) is 5.08. The van der Waals surface area contributed by atoms with Crippen LogP contribution in [0, 0.1) is 5.92 Å². The van der Waals surface area contributed by atoms with E-state index in [0.717, 1.165) is 10.9 Å². The minimum atomic E-state index is 0.0270. The Bertz CT molecular complexity index is 414. The van der Waals surface area contributed by atoms with E-state index in [1.54, 1.807) is 4.90 Å². The van der Waals surface area contributed by atoms with Gasteiger partial charge in [0.05, 0.1) is 0 Å². The third kappa shape index (κ3) is 3.85. The van der Waals surface area contributed by atoms with Crippen LogP contribution in [0.5, 0.6) is 0 Å². The fourth-order valence-electron chi connectivity index (χ4n) is 1.71. The SMILES string of the molecule is CC(C)C(N)CCN(C)C(=O)c1cc(Br)cn1C. The molecule has 0 aromatic carbocycles. The first-order valence-corrected chi connectivity index (χ1v) is 6.95. The number of aromatic nitrogens is 1. The van der Waals surface area contributed by atoms with Crippen molar-refractivity contribution in [2.24, 2.45) is 18.7 Å². The summed E-state index contributed by atoms with van der Waals surface area (Å²) in [6.45, 7) is 4.88. The van der Waals surface area contributed by atoms with Gasteiger partial charge in [-0.25, -0.2) is 0 Å². The molecule has 1 atom stereocenters. The summed E-state index contributed by atoms with van der Waals surface area (Å²) in [6, 6.07) is 1.97. The van der Waals surface area contributed by atoms with Gasteiger partial charge in [-0.1, -0.05) is 13.8 Å². The summed E-state index contributed by atoms with van der Waals surface area (Å²) in [5.74, 6) is 0.469. The molecule has 0 aliphatic heterocycles. The van der Waals surface area contributed by atoms with Gasteiger partial charge in [0, 0.05) is 37.4 Å². The van der Waals surface area contributed by atoms with Gasteiger partial charge >= 0.3 is 0 Å². The molecule has 5 heteroatoms. The smallest absolute Gasteiger partial charge is 0.270 e.